The molecule has 2 aromatic rings. The van der Waals surface area contributed by atoms with Crippen molar-refractivity contribution in [1.29, 1.82) is 0 Å². The van der Waals surface area contributed by atoms with Gasteiger partial charge >= 0.3 is 0 Å². The minimum absolute atomic E-state index is 0.217. The van der Waals surface area contributed by atoms with Crippen molar-refractivity contribution in [2.45, 2.75) is 30.7 Å². The number of aryl methyl sites for hydroxylation is 1. The lowest BCUT2D eigenvalue weighted by Crippen LogP contribution is -2.30. The third-order valence-electron chi connectivity index (χ3n) is 4.05. The topological polar surface area (TPSA) is 37.4 Å². The summed E-state index contributed by atoms with van der Waals surface area (Å²) in [6.07, 6.45) is 1.57. The van der Waals surface area contributed by atoms with Gasteiger partial charge in [0.1, 0.15) is 5.82 Å². The number of nitrogens with zero attached hydrogens (tertiary/aromatic N) is 1. The molecule has 1 aliphatic heterocycles. The third kappa shape index (κ3) is 2.78. The Morgan fingerprint density at radius 2 is 1.86 bits per heavy atom. The summed E-state index contributed by atoms with van der Waals surface area (Å²) in [4.78, 5) is 0.321. The minimum atomic E-state index is -3.53. The normalized spacial score (nSPS) is 19.5. The molecule has 3 rings (SSSR count). The van der Waals surface area contributed by atoms with E-state index in [0.717, 1.165) is 24.0 Å². The quantitative estimate of drug-likeness (QED) is 0.866. The zero-order valence-corrected chi connectivity index (χ0v) is 13.2. The van der Waals surface area contributed by atoms with E-state index in [0.29, 0.717) is 11.4 Å². The Labute approximate surface area is 130 Å². The molecule has 0 aliphatic carbocycles. The van der Waals surface area contributed by atoms with Crippen LogP contribution in [0.4, 0.5) is 4.39 Å². The molecular formula is C17H18FNO2S. The SMILES string of the molecule is Cc1cccc(S(=O)(=O)N2CCCC2c2ccc(F)cc2)c1. The molecule has 1 saturated heterocycles. The van der Waals surface area contributed by atoms with E-state index in [1.165, 1.54) is 16.4 Å². The fourth-order valence-electron chi connectivity index (χ4n) is 2.96. The highest BCUT2D eigenvalue weighted by Gasteiger charge is 2.36. The molecule has 0 spiro atoms. The molecule has 0 bridgehead atoms. The van der Waals surface area contributed by atoms with Crippen molar-refractivity contribution in [2.24, 2.45) is 0 Å². The van der Waals surface area contributed by atoms with Crippen molar-refractivity contribution in [3.63, 3.8) is 0 Å². The summed E-state index contributed by atoms with van der Waals surface area (Å²) in [7, 11) is -3.53. The number of hydrogen-bond acceptors (Lipinski definition) is 2. The molecule has 116 valence electrons. The van der Waals surface area contributed by atoms with Crippen molar-refractivity contribution < 1.29 is 12.8 Å². The fraction of sp³-hybridized carbons (Fsp3) is 0.294. The second-order valence-electron chi connectivity index (χ2n) is 5.64. The smallest absolute Gasteiger partial charge is 0.207 e. The van der Waals surface area contributed by atoms with E-state index in [-0.39, 0.29) is 11.9 Å². The van der Waals surface area contributed by atoms with Crippen LogP contribution in [0.2, 0.25) is 0 Å². The number of benzene rings is 2. The van der Waals surface area contributed by atoms with E-state index < -0.39 is 10.0 Å². The first kappa shape index (κ1) is 15.2. The van der Waals surface area contributed by atoms with Gasteiger partial charge in [0.25, 0.3) is 0 Å². The number of hydrogen-bond donors (Lipinski definition) is 0. The molecule has 0 amide bonds. The van der Waals surface area contributed by atoms with Crippen LogP contribution in [-0.2, 0) is 10.0 Å². The molecule has 1 heterocycles. The molecule has 2 aromatic carbocycles. The maximum atomic E-state index is 13.1. The summed E-state index contributed by atoms with van der Waals surface area (Å²) >= 11 is 0. The second-order valence-corrected chi connectivity index (χ2v) is 7.53. The van der Waals surface area contributed by atoms with Crippen LogP contribution in [0.3, 0.4) is 0 Å². The molecule has 1 fully saturated rings. The van der Waals surface area contributed by atoms with Crippen LogP contribution in [-0.4, -0.2) is 19.3 Å². The largest absolute Gasteiger partial charge is 0.243 e. The van der Waals surface area contributed by atoms with Gasteiger partial charge in [-0.15, -0.1) is 0 Å². The van der Waals surface area contributed by atoms with Crippen LogP contribution in [0.15, 0.2) is 53.4 Å². The lowest BCUT2D eigenvalue weighted by atomic mass is 10.1. The van der Waals surface area contributed by atoms with Gasteiger partial charge in [-0.25, -0.2) is 12.8 Å². The van der Waals surface area contributed by atoms with Crippen LogP contribution in [0.1, 0.15) is 30.0 Å². The first-order chi connectivity index (χ1) is 10.5. The van der Waals surface area contributed by atoms with Crippen molar-refractivity contribution in [3.05, 3.63) is 65.5 Å². The predicted molar refractivity (Wildman–Crippen MR) is 83.4 cm³/mol. The van der Waals surface area contributed by atoms with Gasteiger partial charge < -0.3 is 0 Å². The minimum Gasteiger partial charge on any atom is -0.207 e. The van der Waals surface area contributed by atoms with Gasteiger partial charge in [0, 0.05) is 6.54 Å². The van der Waals surface area contributed by atoms with Gasteiger partial charge in [0.15, 0.2) is 0 Å². The molecule has 1 atom stereocenters. The van der Waals surface area contributed by atoms with Crippen molar-refractivity contribution in [3.8, 4) is 0 Å². The molecule has 5 heteroatoms. The summed E-state index contributed by atoms with van der Waals surface area (Å²) in [5.74, 6) is -0.310. The zero-order chi connectivity index (χ0) is 15.7. The summed E-state index contributed by atoms with van der Waals surface area (Å²) in [6, 6.07) is 12.8. The van der Waals surface area contributed by atoms with Gasteiger partial charge in [-0.3, -0.25) is 0 Å². The first-order valence-electron chi connectivity index (χ1n) is 7.32. The Morgan fingerprint density at radius 3 is 2.55 bits per heavy atom. The summed E-state index contributed by atoms with van der Waals surface area (Å²) in [6.45, 7) is 2.37. The van der Waals surface area contributed by atoms with Crippen molar-refractivity contribution >= 4 is 10.0 Å². The van der Waals surface area contributed by atoms with E-state index in [4.69, 9.17) is 0 Å². The standard InChI is InChI=1S/C17H18FNO2S/c1-13-4-2-5-16(12-13)22(20,21)19-11-3-6-17(19)14-7-9-15(18)10-8-14/h2,4-5,7-10,12,17H,3,6,11H2,1H3. The Hall–Kier alpha value is -1.72. The molecular weight excluding hydrogens is 301 g/mol. The molecule has 0 N–H and O–H groups in total. The molecule has 22 heavy (non-hydrogen) atoms. The Kier molecular flexibility index (Phi) is 4.02. The van der Waals surface area contributed by atoms with Crippen LogP contribution >= 0.6 is 0 Å². The van der Waals surface area contributed by atoms with E-state index in [1.807, 2.05) is 13.0 Å². The molecule has 0 saturated carbocycles. The van der Waals surface area contributed by atoms with Crippen LogP contribution in [0, 0.1) is 12.7 Å². The molecule has 3 nitrogen and oxygen atoms in total. The number of halogens is 1. The highest BCUT2D eigenvalue weighted by molar-refractivity contribution is 7.89. The highest BCUT2D eigenvalue weighted by atomic mass is 32.2. The number of sulfonamides is 1. The molecule has 0 radical (unpaired) electrons. The average Bonchev–Trinajstić information content (AvgIpc) is 2.98. The van der Waals surface area contributed by atoms with E-state index in [1.54, 1.807) is 30.3 Å². The van der Waals surface area contributed by atoms with Crippen LogP contribution < -0.4 is 0 Å². The van der Waals surface area contributed by atoms with E-state index in [2.05, 4.69) is 0 Å². The maximum Gasteiger partial charge on any atom is 0.243 e. The number of rotatable bonds is 3. The van der Waals surface area contributed by atoms with Crippen LogP contribution in [0.5, 0.6) is 0 Å². The average molecular weight is 319 g/mol. The maximum absolute atomic E-state index is 13.1. The molecule has 0 aromatic heterocycles. The fourth-order valence-corrected chi connectivity index (χ4v) is 4.74. The van der Waals surface area contributed by atoms with Crippen molar-refractivity contribution in [2.75, 3.05) is 6.54 Å². The van der Waals surface area contributed by atoms with E-state index in [9.17, 15) is 12.8 Å². The first-order valence-corrected chi connectivity index (χ1v) is 8.76. The highest BCUT2D eigenvalue weighted by Crippen LogP contribution is 2.36. The lowest BCUT2D eigenvalue weighted by Gasteiger charge is -2.24. The third-order valence-corrected chi connectivity index (χ3v) is 5.96. The Morgan fingerprint density at radius 1 is 1.14 bits per heavy atom. The molecule has 1 aliphatic rings. The van der Waals surface area contributed by atoms with Gasteiger partial charge in [-0.05, 0) is 55.2 Å². The zero-order valence-electron chi connectivity index (χ0n) is 12.4. The predicted octanol–water partition coefficient (Wildman–Crippen LogP) is 3.66. The van der Waals surface area contributed by atoms with E-state index >= 15 is 0 Å². The summed E-state index contributed by atoms with van der Waals surface area (Å²) < 4.78 is 40.4. The molecule has 1 unspecified atom stereocenters. The second kappa shape index (κ2) is 5.82. The van der Waals surface area contributed by atoms with Gasteiger partial charge in [-0.2, -0.15) is 4.31 Å². The van der Waals surface area contributed by atoms with Gasteiger partial charge in [-0.1, -0.05) is 24.3 Å². The Bertz CT molecular complexity index is 772. The summed E-state index contributed by atoms with van der Waals surface area (Å²) in [5.41, 5.74) is 1.76. The lowest BCUT2D eigenvalue weighted by molar-refractivity contribution is 0.396. The van der Waals surface area contributed by atoms with Crippen molar-refractivity contribution in [1.82, 2.24) is 4.31 Å². The Balaban J connectivity index is 1.97. The summed E-state index contributed by atoms with van der Waals surface area (Å²) in [5, 5.41) is 0. The van der Waals surface area contributed by atoms with Gasteiger partial charge in [0.2, 0.25) is 10.0 Å². The monoisotopic (exact) mass is 319 g/mol. The van der Waals surface area contributed by atoms with Gasteiger partial charge in [0.05, 0.1) is 10.9 Å². The van der Waals surface area contributed by atoms with Crippen LogP contribution in [0.25, 0.3) is 0 Å².